The van der Waals surface area contributed by atoms with E-state index < -0.39 is 0 Å². The second-order valence-corrected chi connectivity index (χ2v) is 4.77. The second kappa shape index (κ2) is 5.89. The molecule has 1 aromatic rings. The van der Waals surface area contributed by atoms with Gasteiger partial charge in [-0.3, -0.25) is 4.79 Å². The fourth-order valence-corrected chi connectivity index (χ4v) is 2.34. The lowest BCUT2D eigenvalue weighted by molar-refractivity contribution is 0.0954. The van der Waals surface area contributed by atoms with Gasteiger partial charge in [0.05, 0.1) is 11.3 Å². The third-order valence-corrected chi connectivity index (χ3v) is 3.61. The first kappa shape index (κ1) is 12.9. The molecule has 0 aromatic heterocycles. The van der Waals surface area contributed by atoms with Crippen molar-refractivity contribution in [3.8, 4) is 5.75 Å². The van der Waals surface area contributed by atoms with Crippen LogP contribution in [0.5, 0.6) is 5.75 Å². The Balaban J connectivity index is 2.20. The van der Waals surface area contributed by atoms with Crippen LogP contribution in [0.4, 0.5) is 5.69 Å². The van der Waals surface area contributed by atoms with E-state index in [2.05, 4.69) is 19.2 Å². The van der Waals surface area contributed by atoms with E-state index >= 15 is 0 Å². The first-order chi connectivity index (χ1) is 8.76. The van der Waals surface area contributed by atoms with Crippen molar-refractivity contribution >= 4 is 11.5 Å². The van der Waals surface area contributed by atoms with Crippen LogP contribution in [0.25, 0.3) is 0 Å². The Kier molecular flexibility index (Phi) is 4.24. The van der Waals surface area contributed by atoms with Gasteiger partial charge in [-0.2, -0.15) is 0 Å². The molecule has 18 heavy (non-hydrogen) atoms. The normalized spacial score (nSPS) is 13.7. The summed E-state index contributed by atoms with van der Waals surface area (Å²) in [5.74, 6) is 1.41. The van der Waals surface area contributed by atoms with E-state index in [1.165, 1.54) is 0 Å². The van der Waals surface area contributed by atoms with Crippen molar-refractivity contribution in [1.82, 2.24) is 0 Å². The number of ether oxygens (including phenoxy) is 1. The molecule has 0 fully saturated rings. The van der Waals surface area contributed by atoms with Crippen LogP contribution in [0.3, 0.4) is 0 Å². The highest BCUT2D eigenvalue weighted by Gasteiger charge is 2.20. The van der Waals surface area contributed by atoms with Crippen molar-refractivity contribution in [3.63, 3.8) is 0 Å². The van der Waals surface area contributed by atoms with Crippen molar-refractivity contribution in [2.24, 2.45) is 5.92 Å². The lowest BCUT2D eigenvalue weighted by Crippen LogP contribution is -2.20. The highest BCUT2D eigenvalue weighted by Crippen LogP contribution is 2.32. The molecule has 0 amide bonds. The standard InChI is InChI=1S/C15H21NO2/c1-3-11(4-2)10-14(17)12-6-5-7-13-15(12)18-9-8-16-13/h5-7,11,16H,3-4,8-10H2,1-2H3. The summed E-state index contributed by atoms with van der Waals surface area (Å²) in [5.41, 5.74) is 1.67. The summed E-state index contributed by atoms with van der Waals surface area (Å²) >= 11 is 0. The number of rotatable bonds is 5. The minimum absolute atomic E-state index is 0.198. The lowest BCUT2D eigenvalue weighted by atomic mass is 9.93. The van der Waals surface area contributed by atoms with Crippen molar-refractivity contribution in [2.45, 2.75) is 33.1 Å². The largest absolute Gasteiger partial charge is 0.489 e. The van der Waals surface area contributed by atoms with Gasteiger partial charge in [-0.25, -0.2) is 0 Å². The van der Waals surface area contributed by atoms with Crippen LogP contribution in [0.2, 0.25) is 0 Å². The maximum atomic E-state index is 12.3. The van der Waals surface area contributed by atoms with Gasteiger partial charge in [-0.15, -0.1) is 0 Å². The van der Waals surface area contributed by atoms with Gasteiger partial charge < -0.3 is 10.1 Å². The smallest absolute Gasteiger partial charge is 0.166 e. The average Bonchev–Trinajstić information content (AvgIpc) is 2.43. The van der Waals surface area contributed by atoms with Crippen LogP contribution in [-0.2, 0) is 0 Å². The summed E-state index contributed by atoms with van der Waals surface area (Å²) in [6, 6.07) is 5.75. The number of para-hydroxylation sites is 1. The number of anilines is 1. The van der Waals surface area contributed by atoms with Crippen LogP contribution in [0.1, 0.15) is 43.5 Å². The third kappa shape index (κ3) is 2.66. The Morgan fingerprint density at radius 1 is 1.39 bits per heavy atom. The van der Waals surface area contributed by atoms with E-state index in [0.717, 1.165) is 36.4 Å². The zero-order valence-corrected chi connectivity index (χ0v) is 11.2. The predicted molar refractivity (Wildman–Crippen MR) is 73.4 cm³/mol. The molecule has 3 heteroatoms. The summed E-state index contributed by atoms with van der Waals surface area (Å²) in [6.45, 7) is 5.71. The second-order valence-electron chi connectivity index (χ2n) is 4.77. The number of carbonyl (C=O) groups is 1. The monoisotopic (exact) mass is 247 g/mol. The topological polar surface area (TPSA) is 38.3 Å². The van der Waals surface area contributed by atoms with Gasteiger partial charge in [0.2, 0.25) is 0 Å². The lowest BCUT2D eigenvalue weighted by Gasteiger charge is -2.22. The van der Waals surface area contributed by atoms with Crippen LogP contribution >= 0.6 is 0 Å². The van der Waals surface area contributed by atoms with Crippen molar-refractivity contribution in [3.05, 3.63) is 23.8 Å². The number of benzene rings is 1. The van der Waals surface area contributed by atoms with Gasteiger partial charge in [0, 0.05) is 13.0 Å². The zero-order valence-electron chi connectivity index (χ0n) is 11.2. The summed E-state index contributed by atoms with van der Waals surface area (Å²) < 4.78 is 5.64. The summed E-state index contributed by atoms with van der Waals surface area (Å²) in [6.07, 6.45) is 2.72. The fourth-order valence-electron chi connectivity index (χ4n) is 2.34. The fraction of sp³-hybridized carbons (Fsp3) is 0.533. The quantitative estimate of drug-likeness (QED) is 0.809. The molecule has 0 saturated heterocycles. The Labute approximate surface area is 109 Å². The highest BCUT2D eigenvalue weighted by atomic mass is 16.5. The van der Waals surface area contributed by atoms with Gasteiger partial charge in [0.1, 0.15) is 6.61 Å². The average molecular weight is 247 g/mol. The Bertz CT molecular complexity index is 425. The van der Waals surface area contributed by atoms with Crippen LogP contribution < -0.4 is 10.1 Å². The minimum Gasteiger partial charge on any atom is -0.489 e. The van der Waals surface area contributed by atoms with Gasteiger partial charge in [-0.1, -0.05) is 32.8 Å². The van der Waals surface area contributed by atoms with Crippen molar-refractivity contribution < 1.29 is 9.53 Å². The molecule has 3 nitrogen and oxygen atoms in total. The Hall–Kier alpha value is -1.51. The number of carbonyl (C=O) groups excluding carboxylic acids is 1. The van der Waals surface area contributed by atoms with Crippen LogP contribution in [0.15, 0.2) is 18.2 Å². The summed E-state index contributed by atoms with van der Waals surface area (Å²) in [4.78, 5) is 12.3. The molecule has 0 radical (unpaired) electrons. The first-order valence-electron chi connectivity index (χ1n) is 6.79. The number of ketones is 1. The van der Waals surface area contributed by atoms with Crippen molar-refractivity contribution in [2.75, 3.05) is 18.5 Å². The molecule has 0 atom stereocenters. The highest BCUT2D eigenvalue weighted by molar-refractivity contribution is 6.00. The van der Waals surface area contributed by atoms with Gasteiger partial charge in [0.25, 0.3) is 0 Å². The molecule has 0 bridgehead atoms. The molecule has 1 aliphatic rings. The number of Topliss-reactive ketones (excluding diaryl/α,β-unsaturated/α-hetero) is 1. The molecule has 0 unspecified atom stereocenters. The molecule has 2 rings (SSSR count). The van der Waals surface area contributed by atoms with E-state index in [4.69, 9.17) is 4.74 Å². The van der Waals surface area contributed by atoms with Gasteiger partial charge in [0.15, 0.2) is 11.5 Å². The van der Waals surface area contributed by atoms with Crippen LogP contribution in [-0.4, -0.2) is 18.9 Å². The molecule has 0 spiro atoms. The van der Waals surface area contributed by atoms with E-state index in [-0.39, 0.29) is 5.78 Å². The summed E-state index contributed by atoms with van der Waals surface area (Å²) in [5, 5.41) is 3.26. The van der Waals surface area contributed by atoms with Gasteiger partial charge >= 0.3 is 0 Å². The van der Waals surface area contributed by atoms with Gasteiger partial charge in [-0.05, 0) is 18.1 Å². The maximum Gasteiger partial charge on any atom is 0.166 e. The molecule has 0 aliphatic carbocycles. The summed E-state index contributed by atoms with van der Waals surface area (Å²) in [7, 11) is 0. The third-order valence-electron chi connectivity index (χ3n) is 3.61. The molecule has 1 heterocycles. The zero-order chi connectivity index (χ0) is 13.0. The van der Waals surface area contributed by atoms with E-state index in [1.54, 1.807) is 0 Å². The Morgan fingerprint density at radius 3 is 2.89 bits per heavy atom. The van der Waals surface area contributed by atoms with E-state index in [1.807, 2.05) is 18.2 Å². The van der Waals surface area contributed by atoms with E-state index in [0.29, 0.717) is 18.9 Å². The number of hydrogen-bond acceptors (Lipinski definition) is 3. The molecule has 1 aliphatic heterocycles. The van der Waals surface area contributed by atoms with E-state index in [9.17, 15) is 4.79 Å². The molecule has 1 N–H and O–H groups in total. The van der Waals surface area contributed by atoms with Crippen molar-refractivity contribution in [1.29, 1.82) is 0 Å². The molecule has 1 aromatic carbocycles. The number of fused-ring (bicyclic) bond motifs is 1. The SMILES string of the molecule is CCC(CC)CC(=O)c1cccc2c1OCCN2. The molecule has 0 saturated carbocycles. The molecular formula is C15H21NO2. The Morgan fingerprint density at radius 2 is 2.17 bits per heavy atom. The molecule has 98 valence electrons. The number of hydrogen-bond donors (Lipinski definition) is 1. The number of nitrogens with one attached hydrogen (secondary N) is 1. The minimum atomic E-state index is 0.198. The van der Waals surface area contributed by atoms with Crippen LogP contribution in [0, 0.1) is 5.92 Å². The predicted octanol–water partition coefficient (Wildman–Crippen LogP) is 3.50. The maximum absolute atomic E-state index is 12.3. The first-order valence-corrected chi connectivity index (χ1v) is 6.79. The molecular weight excluding hydrogens is 226 g/mol.